The largest absolute Gasteiger partial charge is 0.366 e. The predicted molar refractivity (Wildman–Crippen MR) is 204 cm³/mol. The fourth-order valence-corrected chi connectivity index (χ4v) is 6.94. The average molecular weight is 617 g/mol. The molecule has 0 fully saturated rings. The van der Waals surface area contributed by atoms with Crippen LogP contribution in [0.1, 0.15) is 22.9 Å². The Kier molecular flexibility index (Phi) is 8.00. The fraction of sp³-hybridized carbons (Fsp3) is 0.0435. The summed E-state index contributed by atoms with van der Waals surface area (Å²) in [5, 5.41) is 11.1. The molecular weight excluding hydrogens is 581 g/mol. The molecule has 0 aromatic heterocycles. The molecule has 230 valence electrons. The minimum atomic E-state index is -0.392. The summed E-state index contributed by atoms with van der Waals surface area (Å²) < 4.78 is 0. The van der Waals surface area contributed by atoms with Crippen LogP contribution in [0.3, 0.4) is 0 Å². The summed E-state index contributed by atoms with van der Waals surface area (Å²) >= 11 is 0. The highest BCUT2D eigenvalue weighted by molar-refractivity contribution is 6.17. The molecule has 0 heterocycles. The van der Waals surface area contributed by atoms with Crippen LogP contribution in [0, 0.1) is 0 Å². The van der Waals surface area contributed by atoms with Crippen molar-refractivity contribution in [2.45, 2.75) is 12.6 Å². The Morgan fingerprint density at radius 2 is 1.12 bits per heavy atom. The maximum atomic E-state index is 6.95. The van der Waals surface area contributed by atoms with E-state index in [-0.39, 0.29) is 0 Å². The van der Waals surface area contributed by atoms with Crippen LogP contribution in [-0.2, 0) is 6.42 Å². The highest BCUT2D eigenvalue weighted by Crippen LogP contribution is 2.38. The summed E-state index contributed by atoms with van der Waals surface area (Å²) in [6, 6.07) is 62.6. The molecule has 0 aliphatic heterocycles. The van der Waals surface area contributed by atoms with Crippen molar-refractivity contribution in [2.75, 3.05) is 0 Å². The molecule has 0 radical (unpaired) electrons. The van der Waals surface area contributed by atoms with E-state index in [0.29, 0.717) is 6.42 Å². The topological polar surface area (TPSA) is 38.0 Å². The highest BCUT2D eigenvalue weighted by atomic mass is 15.0. The maximum Gasteiger partial charge on any atom is 0.101 e. The van der Waals surface area contributed by atoms with Gasteiger partial charge in [0.25, 0.3) is 0 Å². The molecule has 2 nitrogen and oxygen atoms in total. The van der Waals surface area contributed by atoms with Crippen molar-refractivity contribution in [3.63, 3.8) is 0 Å². The second-order valence-electron chi connectivity index (χ2n) is 12.3. The van der Waals surface area contributed by atoms with E-state index >= 15 is 0 Å². The van der Waals surface area contributed by atoms with E-state index in [9.17, 15) is 0 Å². The van der Waals surface area contributed by atoms with Gasteiger partial charge in [0.1, 0.15) is 6.17 Å². The zero-order chi connectivity index (χ0) is 32.3. The molecular formula is C46H36N2. The van der Waals surface area contributed by atoms with E-state index in [0.717, 1.165) is 11.3 Å². The lowest BCUT2D eigenvalue weighted by Crippen LogP contribution is -2.27. The van der Waals surface area contributed by atoms with Crippen molar-refractivity contribution >= 4 is 38.0 Å². The molecule has 0 aliphatic carbocycles. The van der Waals surface area contributed by atoms with Crippen LogP contribution in [0.2, 0.25) is 0 Å². The molecule has 8 rings (SSSR count). The highest BCUT2D eigenvalue weighted by Gasteiger charge is 2.17. The van der Waals surface area contributed by atoms with Crippen molar-refractivity contribution in [1.82, 2.24) is 5.32 Å². The fourth-order valence-electron chi connectivity index (χ4n) is 6.94. The molecule has 0 bridgehead atoms. The smallest absolute Gasteiger partial charge is 0.101 e. The van der Waals surface area contributed by atoms with Crippen LogP contribution in [0.25, 0.3) is 60.3 Å². The van der Waals surface area contributed by atoms with E-state index < -0.39 is 6.17 Å². The van der Waals surface area contributed by atoms with Crippen molar-refractivity contribution < 1.29 is 0 Å². The normalized spacial score (nSPS) is 12.4. The Morgan fingerprint density at radius 3 is 1.88 bits per heavy atom. The third kappa shape index (κ3) is 5.75. The monoisotopic (exact) mass is 616 g/mol. The lowest BCUT2D eigenvalue weighted by Gasteiger charge is -2.22. The van der Waals surface area contributed by atoms with Crippen LogP contribution >= 0.6 is 0 Å². The van der Waals surface area contributed by atoms with Gasteiger partial charge in [0, 0.05) is 11.3 Å². The Balaban J connectivity index is 1.35. The SMILES string of the molecule is NC(N/C(=C\Cc1cc(-c2ccccc2)ccc1-c1ccccc1)c1c2ccccc2cc2c1ccc1ccccc12)c1ccccc1. The van der Waals surface area contributed by atoms with Gasteiger partial charge in [-0.15, -0.1) is 0 Å². The van der Waals surface area contributed by atoms with Crippen molar-refractivity contribution in [2.24, 2.45) is 5.73 Å². The Hall–Kier alpha value is -5.96. The lowest BCUT2D eigenvalue weighted by atomic mass is 9.90. The van der Waals surface area contributed by atoms with Gasteiger partial charge in [-0.25, -0.2) is 0 Å². The van der Waals surface area contributed by atoms with E-state index in [1.165, 1.54) is 65.7 Å². The zero-order valence-electron chi connectivity index (χ0n) is 26.7. The molecule has 8 aromatic rings. The second-order valence-corrected chi connectivity index (χ2v) is 12.3. The van der Waals surface area contributed by atoms with E-state index in [4.69, 9.17) is 5.73 Å². The van der Waals surface area contributed by atoms with Gasteiger partial charge in [-0.1, -0.05) is 176 Å². The van der Waals surface area contributed by atoms with Crippen molar-refractivity contribution in [3.8, 4) is 22.3 Å². The lowest BCUT2D eigenvalue weighted by molar-refractivity contribution is 0.666. The number of allylic oxidation sites excluding steroid dienone is 1. The van der Waals surface area contributed by atoms with Crippen LogP contribution in [0.4, 0.5) is 0 Å². The minimum Gasteiger partial charge on any atom is -0.366 e. The molecule has 0 saturated heterocycles. The molecule has 1 atom stereocenters. The van der Waals surface area contributed by atoms with Crippen molar-refractivity contribution in [3.05, 3.63) is 199 Å². The Morgan fingerprint density at radius 1 is 0.500 bits per heavy atom. The quantitative estimate of drug-likeness (QED) is 0.101. The van der Waals surface area contributed by atoms with Crippen molar-refractivity contribution in [1.29, 1.82) is 0 Å². The minimum absolute atomic E-state index is 0.392. The predicted octanol–water partition coefficient (Wildman–Crippen LogP) is 11.3. The molecule has 0 spiro atoms. The molecule has 3 N–H and O–H groups in total. The number of nitrogens with one attached hydrogen (secondary N) is 1. The van der Waals surface area contributed by atoms with Gasteiger partial charge < -0.3 is 11.1 Å². The van der Waals surface area contributed by atoms with E-state index in [1.54, 1.807) is 0 Å². The van der Waals surface area contributed by atoms with Gasteiger partial charge in [-0.3, -0.25) is 0 Å². The molecule has 0 amide bonds. The molecule has 0 aliphatic rings. The number of fused-ring (bicyclic) bond motifs is 4. The van der Waals surface area contributed by atoms with Crippen LogP contribution in [0.15, 0.2) is 182 Å². The summed E-state index contributed by atoms with van der Waals surface area (Å²) in [7, 11) is 0. The van der Waals surface area contributed by atoms with Crippen LogP contribution in [-0.4, -0.2) is 0 Å². The number of nitrogens with two attached hydrogens (primary N) is 1. The number of rotatable bonds is 8. The molecule has 48 heavy (non-hydrogen) atoms. The van der Waals surface area contributed by atoms with Crippen LogP contribution < -0.4 is 11.1 Å². The Bertz CT molecular complexity index is 2390. The number of hydrogen-bond acceptors (Lipinski definition) is 2. The first-order chi connectivity index (χ1) is 23.7. The van der Waals surface area contributed by atoms with Gasteiger partial charge in [-0.2, -0.15) is 0 Å². The first kappa shape index (κ1) is 29.4. The number of benzene rings is 8. The van der Waals surface area contributed by atoms with Gasteiger partial charge in [0.15, 0.2) is 0 Å². The van der Waals surface area contributed by atoms with Gasteiger partial charge in [0.05, 0.1) is 0 Å². The molecule has 2 heteroatoms. The van der Waals surface area contributed by atoms with Gasteiger partial charge in [-0.05, 0) is 78.2 Å². The molecule has 0 saturated carbocycles. The summed E-state index contributed by atoms with van der Waals surface area (Å²) in [4.78, 5) is 0. The summed E-state index contributed by atoms with van der Waals surface area (Å²) in [6.45, 7) is 0. The second kappa shape index (κ2) is 13.0. The molecule has 1 unspecified atom stereocenters. The summed E-state index contributed by atoms with van der Waals surface area (Å²) in [5.41, 5.74) is 16.3. The average Bonchev–Trinajstić information content (AvgIpc) is 3.16. The van der Waals surface area contributed by atoms with E-state index in [2.05, 4.69) is 169 Å². The zero-order valence-corrected chi connectivity index (χ0v) is 26.7. The Labute approximate surface area is 281 Å². The van der Waals surface area contributed by atoms with Crippen LogP contribution in [0.5, 0.6) is 0 Å². The van der Waals surface area contributed by atoms with Gasteiger partial charge in [0.2, 0.25) is 0 Å². The first-order valence-electron chi connectivity index (χ1n) is 16.6. The van der Waals surface area contributed by atoms with E-state index in [1.807, 2.05) is 18.2 Å². The first-order valence-corrected chi connectivity index (χ1v) is 16.6. The standard InChI is InChI=1S/C46H36N2/c47-46(35-19-8-3-9-20-35)48-44(45-41-23-13-11-21-37(41)31-43-40-22-12-10-18-34(40)24-28-42(43)45)29-26-38-30-36(32-14-4-1-5-15-32)25-27-39(38)33-16-6-2-7-17-33/h1-25,27-31,46,48H,26,47H2/b44-29-. The molecule has 8 aromatic carbocycles. The third-order valence-electron chi connectivity index (χ3n) is 9.33. The van der Waals surface area contributed by atoms with Gasteiger partial charge >= 0.3 is 0 Å². The third-order valence-corrected chi connectivity index (χ3v) is 9.33. The number of hydrogen-bond donors (Lipinski definition) is 2. The summed E-state index contributed by atoms with van der Waals surface area (Å²) in [6.07, 6.45) is 2.67. The summed E-state index contributed by atoms with van der Waals surface area (Å²) in [5.74, 6) is 0. The maximum absolute atomic E-state index is 6.95.